The van der Waals surface area contributed by atoms with Crippen molar-refractivity contribution in [3.63, 3.8) is 0 Å². The molecule has 1 aliphatic rings. The lowest BCUT2D eigenvalue weighted by atomic mass is 10.1. The predicted molar refractivity (Wildman–Crippen MR) is 120 cm³/mol. The first-order valence-electron chi connectivity index (χ1n) is 10.6. The van der Waals surface area contributed by atoms with Crippen molar-refractivity contribution in [3.05, 3.63) is 59.7 Å². The SMILES string of the molecule is CCCn1cc(S(=O)(=O)N2CCCC2c2cccc(Nc3ncccc3C)n2)c(C)n1. The molecule has 1 saturated heterocycles. The molecule has 3 aromatic rings. The van der Waals surface area contributed by atoms with E-state index in [2.05, 4.69) is 15.4 Å². The van der Waals surface area contributed by atoms with Crippen molar-refractivity contribution < 1.29 is 8.42 Å². The van der Waals surface area contributed by atoms with Gasteiger partial charge in [-0.15, -0.1) is 0 Å². The van der Waals surface area contributed by atoms with Crippen molar-refractivity contribution in [1.29, 1.82) is 0 Å². The third-order valence-corrected chi connectivity index (χ3v) is 7.52. The molecule has 4 heterocycles. The highest BCUT2D eigenvalue weighted by Gasteiger charge is 2.38. The Balaban J connectivity index is 1.62. The number of hydrogen-bond acceptors (Lipinski definition) is 6. The molecule has 8 nitrogen and oxygen atoms in total. The van der Waals surface area contributed by atoms with Gasteiger partial charge >= 0.3 is 0 Å². The van der Waals surface area contributed by atoms with Crippen LogP contribution in [-0.2, 0) is 16.6 Å². The summed E-state index contributed by atoms with van der Waals surface area (Å²) in [6.07, 6.45) is 5.81. The zero-order valence-corrected chi connectivity index (χ0v) is 18.9. The smallest absolute Gasteiger partial charge is 0.247 e. The van der Waals surface area contributed by atoms with E-state index in [0.29, 0.717) is 24.6 Å². The second-order valence-corrected chi connectivity index (χ2v) is 9.72. The average Bonchev–Trinajstić information content (AvgIpc) is 3.38. The Morgan fingerprint density at radius 2 is 2.03 bits per heavy atom. The predicted octanol–water partition coefficient (Wildman–Crippen LogP) is 3.97. The molecule has 0 spiro atoms. The van der Waals surface area contributed by atoms with Crippen molar-refractivity contribution in [2.24, 2.45) is 0 Å². The number of nitrogens with one attached hydrogen (secondary N) is 1. The lowest BCUT2D eigenvalue weighted by Gasteiger charge is -2.23. The third kappa shape index (κ3) is 4.33. The molecule has 31 heavy (non-hydrogen) atoms. The van der Waals surface area contributed by atoms with E-state index in [0.717, 1.165) is 36.3 Å². The van der Waals surface area contributed by atoms with Crippen molar-refractivity contribution in [2.45, 2.75) is 57.5 Å². The molecule has 1 unspecified atom stereocenters. The number of pyridine rings is 2. The summed E-state index contributed by atoms with van der Waals surface area (Å²) >= 11 is 0. The summed E-state index contributed by atoms with van der Waals surface area (Å²) in [6, 6.07) is 9.22. The van der Waals surface area contributed by atoms with Gasteiger partial charge in [0.25, 0.3) is 0 Å². The average molecular weight is 441 g/mol. The van der Waals surface area contributed by atoms with E-state index in [4.69, 9.17) is 4.98 Å². The Morgan fingerprint density at radius 3 is 2.81 bits per heavy atom. The van der Waals surface area contributed by atoms with Crippen molar-refractivity contribution in [3.8, 4) is 0 Å². The highest BCUT2D eigenvalue weighted by molar-refractivity contribution is 7.89. The number of aromatic nitrogens is 4. The molecule has 3 aromatic heterocycles. The molecule has 9 heteroatoms. The van der Waals surface area contributed by atoms with E-state index >= 15 is 0 Å². The normalized spacial score (nSPS) is 17.2. The number of hydrogen-bond donors (Lipinski definition) is 1. The Bertz CT molecular complexity index is 1170. The van der Waals surface area contributed by atoms with Crippen LogP contribution in [0, 0.1) is 13.8 Å². The maximum atomic E-state index is 13.5. The number of aryl methyl sites for hydroxylation is 3. The molecule has 1 fully saturated rings. The fraction of sp³-hybridized carbons (Fsp3) is 0.409. The monoisotopic (exact) mass is 440 g/mol. The van der Waals surface area contributed by atoms with Crippen LogP contribution < -0.4 is 5.32 Å². The number of rotatable bonds is 7. The molecule has 0 aromatic carbocycles. The van der Waals surface area contributed by atoms with Gasteiger partial charge in [0, 0.05) is 25.5 Å². The van der Waals surface area contributed by atoms with Gasteiger partial charge < -0.3 is 5.32 Å². The summed E-state index contributed by atoms with van der Waals surface area (Å²) in [4.78, 5) is 9.37. The minimum Gasteiger partial charge on any atom is -0.325 e. The van der Waals surface area contributed by atoms with Crippen LogP contribution in [0.15, 0.2) is 47.6 Å². The van der Waals surface area contributed by atoms with Crippen LogP contribution in [0.2, 0.25) is 0 Å². The van der Waals surface area contributed by atoms with Gasteiger partial charge in [0.2, 0.25) is 10.0 Å². The zero-order chi connectivity index (χ0) is 22.0. The lowest BCUT2D eigenvalue weighted by molar-refractivity contribution is 0.390. The van der Waals surface area contributed by atoms with Crippen LogP contribution in [-0.4, -0.2) is 39.0 Å². The minimum atomic E-state index is -3.67. The fourth-order valence-corrected chi connectivity index (χ4v) is 5.83. The molecule has 0 saturated carbocycles. The Kier molecular flexibility index (Phi) is 6.06. The molecule has 1 N–H and O–H groups in total. The molecule has 0 amide bonds. The van der Waals surface area contributed by atoms with Crippen LogP contribution in [0.25, 0.3) is 0 Å². The maximum absolute atomic E-state index is 13.5. The van der Waals surface area contributed by atoms with Gasteiger partial charge in [-0.25, -0.2) is 18.4 Å². The summed E-state index contributed by atoms with van der Waals surface area (Å²) in [5.41, 5.74) is 2.28. The van der Waals surface area contributed by atoms with Crippen LogP contribution >= 0.6 is 0 Å². The highest BCUT2D eigenvalue weighted by Crippen LogP contribution is 2.36. The lowest BCUT2D eigenvalue weighted by Crippen LogP contribution is -2.31. The topological polar surface area (TPSA) is 93.0 Å². The number of sulfonamides is 1. The summed E-state index contributed by atoms with van der Waals surface area (Å²) in [6.45, 7) is 6.94. The molecule has 0 bridgehead atoms. The molecule has 4 rings (SSSR count). The van der Waals surface area contributed by atoms with E-state index in [-0.39, 0.29) is 10.9 Å². The zero-order valence-electron chi connectivity index (χ0n) is 18.1. The Hall–Kier alpha value is -2.78. The van der Waals surface area contributed by atoms with Crippen molar-refractivity contribution >= 4 is 21.7 Å². The first-order valence-corrected chi connectivity index (χ1v) is 12.1. The van der Waals surface area contributed by atoms with Gasteiger partial charge in [-0.3, -0.25) is 4.68 Å². The second-order valence-electron chi connectivity index (χ2n) is 7.86. The molecular weight excluding hydrogens is 412 g/mol. The number of nitrogens with zero attached hydrogens (tertiary/aromatic N) is 5. The first kappa shape index (κ1) is 21.5. The van der Waals surface area contributed by atoms with Gasteiger partial charge in [0.05, 0.1) is 17.4 Å². The van der Waals surface area contributed by atoms with Gasteiger partial charge in [0.1, 0.15) is 16.5 Å². The Labute approximate surface area is 183 Å². The Morgan fingerprint density at radius 1 is 1.19 bits per heavy atom. The van der Waals surface area contributed by atoms with E-state index in [9.17, 15) is 8.42 Å². The first-order chi connectivity index (χ1) is 14.9. The van der Waals surface area contributed by atoms with Gasteiger partial charge in [-0.2, -0.15) is 9.40 Å². The van der Waals surface area contributed by atoms with Crippen molar-refractivity contribution in [2.75, 3.05) is 11.9 Å². The minimum absolute atomic E-state index is 0.284. The van der Waals surface area contributed by atoms with Crippen LogP contribution in [0.1, 0.15) is 49.2 Å². The van der Waals surface area contributed by atoms with Gasteiger partial charge in [-0.05, 0) is 56.9 Å². The second kappa shape index (κ2) is 8.76. The highest BCUT2D eigenvalue weighted by atomic mass is 32.2. The molecule has 1 atom stereocenters. The standard InChI is InChI=1S/C22H28N6O2S/c1-4-13-27-15-20(17(3)26-27)31(29,30)28-14-7-10-19(28)18-9-5-11-21(24-18)25-22-16(2)8-6-12-23-22/h5-6,8-9,11-12,15,19H,4,7,10,13-14H2,1-3H3,(H,23,24,25). The van der Waals surface area contributed by atoms with E-state index in [1.807, 2.05) is 44.2 Å². The molecular formula is C22H28N6O2S. The van der Waals surface area contributed by atoms with Crippen LogP contribution in [0.5, 0.6) is 0 Å². The molecule has 164 valence electrons. The molecule has 0 aliphatic carbocycles. The molecule has 0 radical (unpaired) electrons. The summed E-state index contributed by atoms with van der Waals surface area (Å²) in [5.74, 6) is 1.39. The third-order valence-electron chi connectivity index (χ3n) is 5.51. The van der Waals surface area contributed by atoms with Gasteiger partial charge in [-0.1, -0.05) is 19.1 Å². The van der Waals surface area contributed by atoms with E-state index in [1.54, 1.807) is 28.3 Å². The fourth-order valence-electron chi connectivity index (χ4n) is 3.99. The van der Waals surface area contributed by atoms with E-state index in [1.165, 1.54) is 0 Å². The largest absolute Gasteiger partial charge is 0.325 e. The summed E-state index contributed by atoms with van der Waals surface area (Å²) in [5, 5.41) is 7.63. The maximum Gasteiger partial charge on any atom is 0.247 e. The van der Waals surface area contributed by atoms with Crippen LogP contribution in [0.3, 0.4) is 0 Å². The summed E-state index contributed by atoms with van der Waals surface area (Å²) in [7, 11) is -3.67. The molecule has 1 aliphatic heterocycles. The van der Waals surface area contributed by atoms with Crippen molar-refractivity contribution in [1.82, 2.24) is 24.1 Å². The number of anilines is 2. The van der Waals surface area contributed by atoms with Crippen LogP contribution in [0.4, 0.5) is 11.6 Å². The summed E-state index contributed by atoms with van der Waals surface area (Å²) < 4.78 is 30.3. The van der Waals surface area contributed by atoms with Gasteiger partial charge in [0.15, 0.2) is 0 Å². The van der Waals surface area contributed by atoms with E-state index < -0.39 is 10.0 Å². The quantitative estimate of drug-likeness (QED) is 0.598.